The van der Waals surface area contributed by atoms with Crippen LogP contribution in [0.25, 0.3) is 11.3 Å². The van der Waals surface area contributed by atoms with Crippen LogP contribution < -0.4 is 5.32 Å². The maximum absolute atomic E-state index is 4.74. The third-order valence-corrected chi connectivity index (χ3v) is 4.91. The fraction of sp³-hybridized carbons (Fsp3) is 0.471. The van der Waals surface area contributed by atoms with Crippen LogP contribution in [-0.2, 0) is 6.42 Å². The Hall–Kier alpha value is -1.19. The SMILES string of the molecule is c1ccc(-c2csc(CCNC3CCCCC3)n2)cc1. The Morgan fingerprint density at radius 2 is 1.90 bits per heavy atom. The van der Waals surface area contributed by atoms with E-state index in [1.54, 1.807) is 11.3 Å². The molecule has 0 unspecified atom stereocenters. The molecule has 0 radical (unpaired) electrons. The molecule has 1 aliphatic carbocycles. The van der Waals surface area contributed by atoms with Gasteiger partial charge in [0.2, 0.25) is 0 Å². The number of thiazole rings is 1. The first-order valence-corrected chi connectivity index (χ1v) is 8.53. The first-order valence-electron chi connectivity index (χ1n) is 7.65. The van der Waals surface area contributed by atoms with Gasteiger partial charge >= 0.3 is 0 Å². The van der Waals surface area contributed by atoms with E-state index in [-0.39, 0.29) is 0 Å². The molecule has 1 aromatic carbocycles. The number of hydrogen-bond donors (Lipinski definition) is 1. The molecule has 0 atom stereocenters. The molecular formula is C17H22N2S. The molecule has 2 nitrogen and oxygen atoms in total. The minimum Gasteiger partial charge on any atom is -0.314 e. The van der Waals surface area contributed by atoms with Gasteiger partial charge in [0.15, 0.2) is 0 Å². The van der Waals surface area contributed by atoms with Crippen molar-refractivity contribution in [1.29, 1.82) is 0 Å². The van der Waals surface area contributed by atoms with Crippen LogP contribution in [0.5, 0.6) is 0 Å². The lowest BCUT2D eigenvalue weighted by Crippen LogP contribution is -2.32. The van der Waals surface area contributed by atoms with Crippen LogP contribution in [0.4, 0.5) is 0 Å². The topological polar surface area (TPSA) is 24.9 Å². The smallest absolute Gasteiger partial charge is 0.0945 e. The number of aromatic nitrogens is 1. The standard InChI is InChI=1S/C17H22N2S/c1-3-7-14(8-4-1)16-13-20-17(19-16)11-12-18-15-9-5-2-6-10-15/h1,3-4,7-8,13,15,18H,2,5-6,9-12H2. The van der Waals surface area contributed by atoms with Crippen LogP contribution in [-0.4, -0.2) is 17.6 Å². The van der Waals surface area contributed by atoms with Crippen molar-refractivity contribution in [3.05, 3.63) is 40.7 Å². The van der Waals surface area contributed by atoms with Gasteiger partial charge < -0.3 is 5.32 Å². The number of benzene rings is 1. The largest absolute Gasteiger partial charge is 0.314 e. The highest BCUT2D eigenvalue weighted by Crippen LogP contribution is 2.22. The second-order valence-electron chi connectivity index (χ2n) is 5.53. The summed E-state index contributed by atoms with van der Waals surface area (Å²) in [6.45, 7) is 1.06. The summed E-state index contributed by atoms with van der Waals surface area (Å²) in [5.41, 5.74) is 2.33. The zero-order valence-electron chi connectivity index (χ0n) is 11.8. The van der Waals surface area contributed by atoms with Crippen molar-refractivity contribution in [3.63, 3.8) is 0 Å². The van der Waals surface area contributed by atoms with Crippen LogP contribution >= 0.6 is 11.3 Å². The van der Waals surface area contributed by atoms with Crippen molar-refractivity contribution in [2.75, 3.05) is 6.54 Å². The van der Waals surface area contributed by atoms with Crippen LogP contribution in [0, 0.1) is 0 Å². The molecular weight excluding hydrogens is 264 g/mol. The number of nitrogens with zero attached hydrogens (tertiary/aromatic N) is 1. The molecule has 1 saturated carbocycles. The van der Waals surface area contributed by atoms with Crippen molar-refractivity contribution in [2.45, 2.75) is 44.6 Å². The van der Waals surface area contributed by atoms with Gasteiger partial charge in [0, 0.05) is 30.0 Å². The predicted octanol–water partition coefficient (Wildman–Crippen LogP) is 4.27. The number of nitrogens with one attached hydrogen (secondary N) is 1. The van der Waals surface area contributed by atoms with E-state index in [4.69, 9.17) is 4.98 Å². The Kier molecular flexibility index (Phi) is 4.82. The molecule has 106 valence electrons. The highest BCUT2D eigenvalue weighted by Gasteiger charge is 2.12. The second kappa shape index (κ2) is 7.00. The average molecular weight is 286 g/mol. The van der Waals surface area contributed by atoms with Crippen LogP contribution in [0.15, 0.2) is 35.7 Å². The molecule has 1 fully saturated rings. The van der Waals surface area contributed by atoms with Gasteiger partial charge in [0.25, 0.3) is 0 Å². The Morgan fingerprint density at radius 1 is 1.10 bits per heavy atom. The zero-order chi connectivity index (χ0) is 13.6. The predicted molar refractivity (Wildman–Crippen MR) is 86.1 cm³/mol. The van der Waals surface area contributed by atoms with Crippen LogP contribution in [0.3, 0.4) is 0 Å². The lowest BCUT2D eigenvalue weighted by molar-refractivity contribution is 0.375. The van der Waals surface area contributed by atoms with E-state index in [1.165, 1.54) is 42.7 Å². The molecule has 0 aliphatic heterocycles. The quantitative estimate of drug-likeness (QED) is 0.887. The normalized spacial score (nSPS) is 16.4. The van der Waals surface area contributed by atoms with Gasteiger partial charge in [-0.15, -0.1) is 11.3 Å². The second-order valence-corrected chi connectivity index (χ2v) is 6.47. The van der Waals surface area contributed by atoms with Gasteiger partial charge in [-0.3, -0.25) is 0 Å². The van der Waals surface area contributed by atoms with Gasteiger partial charge in [-0.1, -0.05) is 49.6 Å². The third kappa shape index (κ3) is 3.68. The summed E-state index contributed by atoms with van der Waals surface area (Å²) >= 11 is 1.78. The average Bonchev–Trinajstić information content (AvgIpc) is 2.98. The first kappa shape index (κ1) is 13.8. The maximum Gasteiger partial charge on any atom is 0.0945 e. The van der Waals surface area contributed by atoms with E-state index in [9.17, 15) is 0 Å². The minimum absolute atomic E-state index is 0.748. The van der Waals surface area contributed by atoms with E-state index < -0.39 is 0 Å². The molecule has 1 heterocycles. The van der Waals surface area contributed by atoms with Gasteiger partial charge in [-0.05, 0) is 12.8 Å². The fourth-order valence-corrected chi connectivity index (χ4v) is 3.66. The molecule has 0 amide bonds. The zero-order valence-corrected chi connectivity index (χ0v) is 12.7. The van der Waals surface area contributed by atoms with Crippen molar-refractivity contribution in [2.24, 2.45) is 0 Å². The lowest BCUT2D eigenvalue weighted by atomic mass is 9.95. The summed E-state index contributed by atoms with van der Waals surface area (Å²) in [7, 11) is 0. The van der Waals surface area contributed by atoms with E-state index in [2.05, 4.69) is 35.0 Å². The summed E-state index contributed by atoms with van der Waals surface area (Å²) in [5, 5.41) is 7.10. The monoisotopic (exact) mass is 286 g/mol. The maximum atomic E-state index is 4.74. The molecule has 1 N–H and O–H groups in total. The molecule has 20 heavy (non-hydrogen) atoms. The van der Waals surface area contributed by atoms with Gasteiger partial charge in [0.05, 0.1) is 10.7 Å². The van der Waals surface area contributed by atoms with Gasteiger partial charge in [0.1, 0.15) is 0 Å². The first-order chi connectivity index (χ1) is 9.92. The number of hydrogen-bond acceptors (Lipinski definition) is 3. The van der Waals surface area contributed by atoms with E-state index in [1.807, 2.05) is 6.07 Å². The Labute approximate surface area is 125 Å². The summed E-state index contributed by atoms with van der Waals surface area (Å²) in [6, 6.07) is 11.2. The van der Waals surface area contributed by atoms with E-state index >= 15 is 0 Å². The third-order valence-electron chi connectivity index (χ3n) is 4.00. The van der Waals surface area contributed by atoms with Crippen LogP contribution in [0.2, 0.25) is 0 Å². The highest BCUT2D eigenvalue weighted by molar-refractivity contribution is 7.09. The van der Waals surface area contributed by atoms with Crippen molar-refractivity contribution >= 4 is 11.3 Å². The lowest BCUT2D eigenvalue weighted by Gasteiger charge is -2.22. The van der Waals surface area contributed by atoms with E-state index in [0.717, 1.165) is 24.7 Å². The highest BCUT2D eigenvalue weighted by atomic mass is 32.1. The fourth-order valence-electron chi connectivity index (χ4n) is 2.86. The molecule has 3 rings (SSSR count). The minimum atomic E-state index is 0.748. The van der Waals surface area contributed by atoms with Gasteiger partial charge in [-0.2, -0.15) is 0 Å². The summed E-state index contributed by atoms with van der Waals surface area (Å²) < 4.78 is 0. The molecule has 0 saturated heterocycles. The summed E-state index contributed by atoms with van der Waals surface area (Å²) in [6.07, 6.45) is 7.97. The molecule has 2 aromatic rings. The molecule has 3 heteroatoms. The molecule has 0 bridgehead atoms. The Bertz CT molecular complexity index is 515. The van der Waals surface area contributed by atoms with Crippen LogP contribution in [0.1, 0.15) is 37.1 Å². The van der Waals surface area contributed by atoms with E-state index in [0.29, 0.717) is 0 Å². The number of rotatable bonds is 5. The summed E-state index contributed by atoms with van der Waals surface area (Å²) in [4.78, 5) is 4.74. The molecule has 0 spiro atoms. The summed E-state index contributed by atoms with van der Waals surface area (Å²) in [5.74, 6) is 0. The Balaban J connectivity index is 1.50. The van der Waals surface area contributed by atoms with Crippen molar-refractivity contribution < 1.29 is 0 Å². The van der Waals surface area contributed by atoms with Gasteiger partial charge in [-0.25, -0.2) is 4.98 Å². The molecule has 1 aromatic heterocycles. The Morgan fingerprint density at radius 3 is 2.70 bits per heavy atom. The van der Waals surface area contributed by atoms with Crippen molar-refractivity contribution in [3.8, 4) is 11.3 Å². The van der Waals surface area contributed by atoms with Crippen molar-refractivity contribution in [1.82, 2.24) is 10.3 Å². The molecule has 1 aliphatic rings.